The summed E-state index contributed by atoms with van der Waals surface area (Å²) in [6.45, 7) is 0. The molecule has 5 nitrogen and oxygen atoms in total. The zero-order chi connectivity index (χ0) is 18.8. The summed E-state index contributed by atoms with van der Waals surface area (Å²) in [4.78, 5) is 7.38. The standard InChI is InChI=1S/C22H17N3O2/c1-26-20-7-6-19-21(22(20)27-2)18(13-25-19)16(11-23)10-14-4-3-5-15-12-24-9-8-17(14)15/h3-10,12-13,25H,1-2H3/b16-10+. The molecule has 0 bridgehead atoms. The lowest BCUT2D eigenvalue weighted by molar-refractivity contribution is 0.358. The quantitative estimate of drug-likeness (QED) is 0.534. The first kappa shape index (κ1) is 16.7. The Hall–Kier alpha value is -3.78. The number of allylic oxidation sites excluding steroid dienone is 1. The average molecular weight is 355 g/mol. The maximum absolute atomic E-state index is 9.86. The predicted octanol–water partition coefficient (Wildman–Crippen LogP) is 4.80. The van der Waals surface area contributed by atoms with Gasteiger partial charge in [-0.2, -0.15) is 5.26 Å². The van der Waals surface area contributed by atoms with Crippen molar-refractivity contribution < 1.29 is 9.47 Å². The average Bonchev–Trinajstić information content (AvgIpc) is 3.15. The summed E-state index contributed by atoms with van der Waals surface area (Å²) in [6.07, 6.45) is 7.29. The summed E-state index contributed by atoms with van der Waals surface area (Å²) in [5, 5.41) is 12.8. The van der Waals surface area contributed by atoms with Crippen LogP contribution in [-0.2, 0) is 0 Å². The number of pyridine rings is 1. The molecule has 4 rings (SSSR count). The molecule has 2 aromatic heterocycles. The molecule has 132 valence electrons. The molecular formula is C22H17N3O2. The van der Waals surface area contributed by atoms with E-state index in [1.807, 2.05) is 54.9 Å². The Bertz CT molecular complexity index is 1210. The van der Waals surface area contributed by atoms with Gasteiger partial charge in [0, 0.05) is 29.5 Å². The largest absolute Gasteiger partial charge is 0.493 e. The van der Waals surface area contributed by atoms with E-state index in [9.17, 15) is 5.26 Å². The maximum atomic E-state index is 9.86. The van der Waals surface area contributed by atoms with Gasteiger partial charge in [-0.15, -0.1) is 0 Å². The second-order valence-electron chi connectivity index (χ2n) is 6.04. The molecule has 0 saturated heterocycles. The molecule has 5 heteroatoms. The van der Waals surface area contributed by atoms with E-state index < -0.39 is 0 Å². The number of hydrogen-bond acceptors (Lipinski definition) is 4. The van der Waals surface area contributed by atoms with Crippen molar-refractivity contribution in [2.75, 3.05) is 14.2 Å². The van der Waals surface area contributed by atoms with Gasteiger partial charge in [0.1, 0.15) is 0 Å². The molecule has 0 atom stereocenters. The summed E-state index contributed by atoms with van der Waals surface area (Å²) >= 11 is 0. The van der Waals surface area contributed by atoms with Gasteiger partial charge in [0.15, 0.2) is 11.5 Å². The highest BCUT2D eigenvalue weighted by Gasteiger charge is 2.17. The minimum absolute atomic E-state index is 0.539. The third kappa shape index (κ3) is 2.77. The van der Waals surface area contributed by atoms with Crippen LogP contribution >= 0.6 is 0 Å². The molecule has 0 fully saturated rings. The molecule has 1 N–H and O–H groups in total. The van der Waals surface area contributed by atoms with Gasteiger partial charge in [-0.05, 0) is 35.2 Å². The van der Waals surface area contributed by atoms with Gasteiger partial charge in [0.05, 0.1) is 36.8 Å². The molecule has 4 aromatic rings. The Morgan fingerprint density at radius 3 is 2.81 bits per heavy atom. The van der Waals surface area contributed by atoms with Crippen molar-refractivity contribution in [2.45, 2.75) is 0 Å². The van der Waals surface area contributed by atoms with Crippen LogP contribution in [0.2, 0.25) is 0 Å². The summed E-state index contributed by atoms with van der Waals surface area (Å²) in [7, 11) is 3.20. The molecule has 0 saturated carbocycles. The molecule has 0 aliphatic heterocycles. The second-order valence-corrected chi connectivity index (χ2v) is 6.04. The van der Waals surface area contributed by atoms with E-state index in [-0.39, 0.29) is 0 Å². The lowest BCUT2D eigenvalue weighted by Gasteiger charge is -2.10. The fourth-order valence-electron chi connectivity index (χ4n) is 3.35. The van der Waals surface area contributed by atoms with Crippen molar-refractivity contribution in [1.29, 1.82) is 5.26 Å². The van der Waals surface area contributed by atoms with Crippen molar-refractivity contribution in [3.63, 3.8) is 0 Å². The Morgan fingerprint density at radius 1 is 1.15 bits per heavy atom. The van der Waals surface area contributed by atoms with Gasteiger partial charge in [-0.1, -0.05) is 18.2 Å². The first-order valence-corrected chi connectivity index (χ1v) is 8.43. The number of hydrogen-bond donors (Lipinski definition) is 1. The van der Waals surface area contributed by atoms with Gasteiger partial charge in [-0.25, -0.2) is 0 Å². The van der Waals surface area contributed by atoms with Crippen molar-refractivity contribution in [3.8, 4) is 17.6 Å². The van der Waals surface area contributed by atoms with Gasteiger partial charge in [0.25, 0.3) is 0 Å². The number of methoxy groups -OCH3 is 2. The topological polar surface area (TPSA) is 70.9 Å². The van der Waals surface area contributed by atoms with E-state index in [2.05, 4.69) is 16.0 Å². The number of H-pyrrole nitrogens is 1. The van der Waals surface area contributed by atoms with Gasteiger partial charge in [-0.3, -0.25) is 4.98 Å². The van der Waals surface area contributed by atoms with E-state index in [0.717, 1.165) is 32.8 Å². The molecule has 2 aromatic carbocycles. The Morgan fingerprint density at radius 2 is 2.04 bits per heavy atom. The molecule has 0 amide bonds. The third-order valence-electron chi connectivity index (χ3n) is 4.61. The van der Waals surface area contributed by atoms with Crippen molar-refractivity contribution in [2.24, 2.45) is 0 Å². The fourth-order valence-corrected chi connectivity index (χ4v) is 3.35. The number of aromatic amines is 1. The Kier molecular flexibility index (Phi) is 4.23. The summed E-state index contributed by atoms with van der Waals surface area (Å²) in [5.41, 5.74) is 3.15. The highest BCUT2D eigenvalue weighted by atomic mass is 16.5. The van der Waals surface area contributed by atoms with Crippen molar-refractivity contribution >= 4 is 33.3 Å². The van der Waals surface area contributed by atoms with Crippen LogP contribution in [0.25, 0.3) is 33.3 Å². The summed E-state index contributed by atoms with van der Waals surface area (Å²) < 4.78 is 11.0. The number of ether oxygens (including phenoxy) is 2. The highest BCUT2D eigenvalue weighted by molar-refractivity contribution is 6.06. The lowest BCUT2D eigenvalue weighted by Crippen LogP contribution is -1.92. The minimum atomic E-state index is 0.539. The van der Waals surface area contributed by atoms with E-state index >= 15 is 0 Å². The van der Waals surface area contributed by atoms with Crippen LogP contribution in [0.15, 0.2) is 55.0 Å². The molecule has 0 spiro atoms. The molecule has 0 aliphatic carbocycles. The zero-order valence-corrected chi connectivity index (χ0v) is 15.0. The zero-order valence-electron chi connectivity index (χ0n) is 15.0. The van der Waals surface area contributed by atoms with Gasteiger partial charge < -0.3 is 14.5 Å². The van der Waals surface area contributed by atoms with Gasteiger partial charge >= 0.3 is 0 Å². The van der Waals surface area contributed by atoms with Crippen LogP contribution in [0.4, 0.5) is 0 Å². The molecule has 27 heavy (non-hydrogen) atoms. The monoisotopic (exact) mass is 355 g/mol. The smallest absolute Gasteiger partial charge is 0.170 e. The van der Waals surface area contributed by atoms with Crippen LogP contribution in [0.5, 0.6) is 11.5 Å². The Labute approximate surface area is 156 Å². The minimum Gasteiger partial charge on any atom is -0.493 e. The third-order valence-corrected chi connectivity index (χ3v) is 4.61. The number of rotatable bonds is 4. The normalized spacial score (nSPS) is 11.5. The SMILES string of the molecule is COc1ccc2[nH]cc(/C(C#N)=C/c3cccc4cnccc34)c2c1OC. The number of aromatic nitrogens is 2. The van der Waals surface area contributed by atoms with Crippen LogP contribution in [-0.4, -0.2) is 24.2 Å². The second kappa shape index (κ2) is 6.85. The van der Waals surface area contributed by atoms with Crippen molar-refractivity contribution in [3.05, 3.63) is 66.1 Å². The molecular weight excluding hydrogens is 338 g/mol. The first-order valence-electron chi connectivity index (χ1n) is 8.43. The van der Waals surface area contributed by atoms with Crippen LogP contribution < -0.4 is 9.47 Å². The molecule has 0 unspecified atom stereocenters. The summed E-state index contributed by atoms with van der Waals surface area (Å²) in [5.74, 6) is 1.23. The van der Waals surface area contributed by atoms with E-state index in [4.69, 9.17) is 9.47 Å². The Balaban J connectivity index is 1.96. The van der Waals surface area contributed by atoms with E-state index in [1.54, 1.807) is 20.4 Å². The molecule has 0 radical (unpaired) electrons. The lowest BCUT2D eigenvalue weighted by atomic mass is 9.99. The number of nitrogens with zero attached hydrogens (tertiary/aromatic N) is 2. The number of benzene rings is 2. The predicted molar refractivity (Wildman–Crippen MR) is 107 cm³/mol. The van der Waals surface area contributed by atoms with Crippen LogP contribution in [0, 0.1) is 11.3 Å². The molecule has 2 heterocycles. The van der Waals surface area contributed by atoms with E-state index in [1.165, 1.54) is 0 Å². The fraction of sp³-hybridized carbons (Fsp3) is 0.0909. The van der Waals surface area contributed by atoms with Crippen LogP contribution in [0.1, 0.15) is 11.1 Å². The number of nitriles is 1. The van der Waals surface area contributed by atoms with E-state index in [0.29, 0.717) is 17.1 Å². The number of nitrogens with one attached hydrogen (secondary N) is 1. The first-order chi connectivity index (χ1) is 13.3. The highest BCUT2D eigenvalue weighted by Crippen LogP contribution is 2.40. The molecule has 0 aliphatic rings. The van der Waals surface area contributed by atoms with Crippen molar-refractivity contribution in [1.82, 2.24) is 9.97 Å². The van der Waals surface area contributed by atoms with Crippen LogP contribution in [0.3, 0.4) is 0 Å². The van der Waals surface area contributed by atoms with Gasteiger partial charge in [0.2, 0.25) is 0 Å². The number of fused-ring (bicyclic) bond motifs is 2. The summed E-state index contributed by atoms with van der Waals surface area (Å²) in [6, 6.07) is 14.0. The maximum Gasteiger partial charge on any atom is 0.170 e.